The second kappa shape index (κ2) is 5.90. The largest absolute Gasteiger partial charge is 0.496 e. The van der Waals surface area contributed by atoms with Gasteiger partial charge in [-0.05, 0) is 32.4 Å². The number of methoxy groups -OCH3 is 1. The lowest BCUT2D eigenvalue weighted by Gasteiger charge is -2.41. The first-order chi connectivity index (χ1) is 9.07. The predicted molar refractivity (Wildman–Crippen MR) is 76.2 cm³/mol. The quantitative estimate of drug-likeness (QED) is 0.866. The number of nitrogens with zero attached hydrogens (tertiary/aromatic N) is 1. The zero-order valence-corrected chi connectivity index (χ0v) is 11.8. The van der Waals surface area contributed by atoms with Crippen molar-refractivity contribution >= 4 is 0 Å². The third-order valence-corrected chi connectivity index (χ3v) is 3.87. The molecular formula is C15H24N2O2. The molecule has 2 unspecified atom stereocenters. The topological polar surface area (TPSA) is 58.7 Å². The first-order valence-electron chi connectivity index (χ1n) is 6.87. The number of hydrogen-bond donors (Lipinski definition) is 2. The average molecular weight is 264 g/mol. The Labute approximate surface area is 115 Å². The van der Waals surface area contributed by atoms with Crippen molar-refractivity contribution in [1.29, 1.82) is 0 Å². The van der Waals surface area contributed by atoms with Crippen LogP contribution in [-0.2, 0) is 0 Å². The molecule has 0 bridgehead atoms. The molecule has 1 aromatic rings. The summed E-state index contributed by atoms with van der Waals surface area (Å²) in [5.41, 5.74) is 6.45. The van der Waals surface area contributed by atoms with E-state index >= 15 is 0 Å². The van der Waals surface area contributed by atoms with Crippen LogP contribution >= 0.6 is 0 Å². The van der Waals surface area contributed by atoms with E-state index in [0.717, 1.165) is 30.7 Å². The van der Waals surface area contributed by atoms with Gasteiger partial charge in [-0.1, -0.05) is 18.2 Å². The fourth-order valence-corrected chi connectivity index (χ4v) is 2.94. The molecule has 19 heavy (non-hydrogen) atoms. The molecular weight excluding hydrogens is 240 g/mol. The lowest BCUT2D eigenvalue weighted by atomic mass is 9.92. The van der Waals surface area contributed by atoms with Crippen molar-refractivity contribution in [3.8, 4) is 5.75 Å². The van der Waals surface area contributed by atoms with Gasteiger partial charge in [0, 0.05) is 18.7 Å². The molecule has 0 aliphatic carbocycles. The Hall–Kier alpha value is -1.10. The molecule has 4 heteroatoms. The van der Waals surface area contributed by atoms with Crippen LogP contribution in [0.4, 0.5) is 0 Å². The monoisotopic (exact) mass is 264 g/mol. The molecule has 1 fully saturated rings. The highest BCUT2D eigenvalue weighted by molar-refractivity contribution is 5.36. The normalized spacial score (nSPS) is 26.1. The van der Waals surface area contributed by atoms with E-state index in [0.29, 0.717) is 13.1 Å². The van der Waals surface area contributed by atoms with Crippen LogP contribution in [0, 0.1) is 0 Å². The highest BCUT2D eigenvalue weighted by Gasteiger charge is 2.33. The van der Waals surface area contributed by atoms with Gasteiger partial charge in [0.1, 0.15) is 5.75 Å². The Bertz CT molecular complexity index is 420. The fraction of sp³-hybridized carbons (Fsp3) is 0.600. The van der Waals surface area contributed by atoms with Crippen LogP contribution in [0.25, 0.3) is 0 Å². The maximum absolute atomic E-state index is 10.2. The average Bonchev–Trinajstić information content (AvgIpc) is 2.39. The molecule has 1 saturated heterocycles. The van der Waals surface area contributed by atoms with Crippen LogP contribution in [0.3, 0.4) is 0 Å². The van der Waals surface area contributed by atoms with Gasteiger partial charge >= 0.3 is 0 Å². The summed E-state index contributed by atoms with van der Waals surface area (Å²) in [6.45, 7) is 4.05. The van der Waals surface area contributed by atoms with Gasteiger partial charge in [-0.2, -0.15) is 0 Å². The van der Waals surface area contributed by atoms with E-state index < -0.39 is 5.60 Å². The van der Waals surface area contributed by atoms with Crippen molar-refractivity contribution in [3.05, 3.63) is 29.8 Å². The molecule has 1 aliphatic heterocycles. The molecule has 1 heterocycles. The Kier molecular flexibility index (Phi) is 4.45. The van der Waals surface area contributed by atoms with Crippen molar-refractivity contribution in [1.82, 2.24) is 4.90 Å². The van der Waals surface area contributed by atoms with Crippen LogP contribution in [0.1, 0.15) is 31.4 Å². The number of aliphatic hydroxyl groups is 1. The maximum Gasteiger partial charge on any atom is 0.123 e. The number of piperidine rings is 1. The molecule has 1 aromatic carbocycles. The van der Waals surface area contributed by atoms with Crippen molar-refractivity contribution < 1.29 is 9.84 Å². The number of hydrogen-bond acceptors (Lipinski definition) is 4. The molecule has 0 radical (unpaired) electrons. The van der Waals surface area contributed by atoms with Gasteiger partial charge in [-0.3, -0.25) is 4.90 Å². The van der Waals surface area contributed by atoms with E-state index in [1.165, 1.54) is 0 Å². The third kappa shape index (κ3) is 3.26. The van der Waals surface area contributed by atoms with Gasteiger partial charge in [-0.15, -0.1) is 0 Å². The molecule has 0 amide bonds. The molecule has 1 aliphatic rings. The SMILES string of the molecule is COc1ccccc1C(CN)N1CCCC(C)(O)C1. The summed E-state index contributed by atoms with van der Waals surface area (Å²) < 4.78 is 5.43. The van der Waals surface area contributed by atoms with E-state index in [9.17, 15) is 5.11 Å². The van der Waals surface area contributed by atoms with Gasteiger partial charge in [-0.25, -0.2) is 0 Å². The van der Waals surface area contributed by atoms with Gasteiger partial charge in [0.15, 0.2) is 0 Å². The van der Waals surface area contributed by atoms with Gasteiger partial charge in [0.2, 0.25) is 0 Å². The number of benzene rings is 1. The molecule has 0 aromatic heterocycles. The number of likely N-dealkylation sites (tertiary alicyclic amines) is 1. The second-order valence-corrected chi connectivity index (χ2v) is 5.56. The molecule has 2 atom stereocenters. The van der Waals surface area contributed by atoms with E-state index in [4.69, 9.17) is 10.5 Å². The van der Waals surface area contributed by atoms with Crippen LogP contribution in [0.5, 0.6) is 5.75 Å². The van der Waals surface area contributed by atoms with Crippen molar-refractivity contribution in [2.45, 2.75) is 31.4 Å². The highest BCUT2D eigenvalue weighted by Crippen LogP contribution is 2.32. The Balaban J connectivity index is 2.24. The van der Waals surface area contributed by atoms with E-state index in [2.05, 4.69) is 11.0 Å². The van der Waals surface area contributed by atoms with Crippen LogP contribution < -0.4 is 10.5 Å². The number of nitrogens with two attached hydrogens (primary N) is 1. The maximum atomic E-state index is 10.2. The van der Waals surface area contributed by atoms with E-state index in [1.54, 1.807) is 7.11 Å². The van der Waals surface area contributed by atoms with Crippen LogP contribution in [0.15, 0.2) is 24.3 Å². The number of β-amino-alcohol motifs (C(OH)–C–C–N with tert-alkyl or cyclic N) is 1. The predicted octanol–water partition coefficient (Wildman–Crippen LogP) is 1.54. The zero-order chi connectivity index (χ0) is 13.9. The van der Waals surface area contributed by atoms with E-state index in [1.807, 2.05) is 25.1 Å². The summed E-state index contributed by atoms with van der Waals surface area (Å²) in [5, 5.41) is 10.2. The van der Waals surface area contributed by atoms with Gasteiger partial charge in [0.25, 0.3) is 0 Å². The molecule has 2 rings (SSSR count). The number of rotatable bonds is 4. The lowest BCUT2D eigenvalue weighted by Crippen LogP contribution is -2.48. The van der Waals surface area contributed by atoms with Crippen molar-refractivity contribution in [2.24, 2.45) is 5.73 Å². The fourth-order valence-electron chi connectivity index (χ4n) is 2.94. The summed E-state index contributed by atoms with van der Waals surface area (Å²) >= 11 is 0. The lowest BCUT2D eigenvalue weighted by molar-refractivity contribution is -0.0295. The Morgan fingerprint density at radius 3 is 2.84 bits per heavy atom. The summed E-state index contributed by atoms with van der Waals surface area (Å²) in [4.78, 5) is 2.27. The molecule has 106 valence electrons. The summed E-state index contributed by atoms with van der Waals surface area (Å²) in [6, 6.07) is 8.08. The Morgan fingerprint density at radius 2 is 2.21 bits per heavy atom. The molecule has 0 spiro atoms. The van der Waals surface area contributed by atoms with Crippen LogP contribution in [-0.4, -0.2) is 42.4 Å². The zero-order valence-electron chi connectivity index (χ0n) is 11.8. The number of ether oxygens (including phenoxy) is 1. The second-order valence-electron chi connectivity index (χ2n) is 5.56. The van der Waals surface area contributed by atoms with Gasteiger partial charge in [0.05, 0.1) is 18.8 Å². The Morgan fingerprint density at radius 1 is 1.47 bits per heavy atom. The summed E-state index contributed by atoms with van der Waals surface area (Å²) in [5.74, 6) is 0.864. The van der Waals surface area contributed by atoms with Crippen molar-refractivity contribution in [3.63, 3.8) is 0 Å². The van der Waals surface area contributed by atoms with Crippen molar-refractivity contribution in [2.75, 3.05) is 26.7 Å². The first kappa shape index (κ1) is 14.3. The first-order valence-corrected chi connectivity index (χ1v) is 6.87. The minimum absolute atomic E-state index is 0.0999. The molecule has 4 nitrogen and oxygen atoms in total. The van der Waals surface area contributed by atoms with E-state index in [-0.39, 0.29) is 6.04 Å². The summed E-state index contributed by atoms with van der Waals surface area (Å²) in [7, 11) is 1.68. The minimum atomic E-state index is -0.617. The highest BCUT2D eigenvalue weighted by atomic mass is 16.5. The molecule has 3 N–H and O–H groups in total. The smallest absolute Gasteiger partial charge is 0.123 e. The minimum Gasteiger partial charge on any atom is -0.496 e. The third-order valence-electron chi connectivity index (χ3n) is 3.87. The number of para-hydroxylation sites is 1. The molecule has 0 saturated carbocycles. The summed E-state index contributed by atoms with van der Waals surface area (Å²) in [6.07, 6.45) is 1.85. The van der Waals surface area contributed by atoms with Crippen LogP contribution in [0.2, 0.25) is 0 Å². The van der Waals surface area contributed by atoms with Gasteiger partial charge < -0.3 is 15.6 Å². The standard InChI is InChI=1S/C15H24N2O2/c1-15(18)8-5-9-17(11-15)13(10-16)12-6-3-4-7-14(12)19-2/h3-4,6-7,13,18H,5,8-11,16H2,1-2H3.